The lowest BCUT2D eigenvalue weighted by Gasteiger charge is -2.20. The molecule has 0 spiro atoms. The molecule has 3 aromatic heterocycles. The fourth-order valence-electron chi connectivity index (χ4n) is 4.80. The van der Waals surface area contributed by atoms with E-state index in [0.29, 0.717) is 29.6 Å². The van der Waals surface area contributed by atoms with E-state index in [1.165, 1.54) is 17.5 Å². The molecule has 0 bridgehead atoms. The van der Waals surface area contributed by atoms with Crippen LogP contribution >= 0.6 is 22.9 Å². The number of nitrogens with zero attached hydrogens (tertiary/aromatic N) is 4. The number of hydrogen-bond acceptors (Lipinski definition) is 9. The van der Waals surface area contributed by atoms with Gasteiger partial charge in [0.1, 0.15) is 22.0 Å². The first-order valence-electron chi connectivity index (χ1n) is 12.9. The maximum atomic E-state index is 13.2. The molecule has 12 heteroatoms. The number of nitrogens with one attached hydrogen (secondary N) is 3. The Labute approximate surface area is 244 Å². The molecular formula is C29H26ClN7O3S. The SMILES string of the molecule is COc1ccc(CNC(=O)c2cnc(Cl)nc2N(C)c2ccc3c(ccc4sc5c(c43)NC[C@@H](C)NC5=O)n2)cc1. The third-order valence-corrected chi connectivity index (χ3v) is 8.27. The summed E-state index contributed by atoms with van der Waals surface area (Å²) in [6.07, 6.45) is 1.41. The molecule has 2 amide bonds. The summed E-state index contributed by atoms with van der Waals surface area (Å²) >= 11 is 7.62. The summed E-state index contributed by atoms with van der Waals surface area (Å²) in [6, 6.07) is 15.2. The van der Waals surface area contributed by atoms with Crippen molar-refractivity contribution < 1.29 is 14.3 Å². The average molecular weight is 588 g/mol. The van der Waals surface area contributed by atoms with Crippen LogP contribution in [0.3, 0.4) is 0 Å². The first-order chi connectivity index (χ1) is 19.8. The molecule has 0 fully saturated rings. The van der Waals surface area contributed by atoms with Gasteiger partial charge in [0.05, 0.1) is 18.3 Å². The van der Waals surface area contributed by atoms with Gasteiger partial charge in [0.2, 0.25) is 5.28 Å². The van der Waals surface area contributed by atoms with Gasteiger partial charge >= 0.3 is 0 Å². The number of anilines is 3. The summed E-state index contributed by atoms with van der Waals surface area (Å²) in [5.74, 6) is 1.21. The number of pyridine rings is 1. The van der Waals surface area contributed by atoms with Crippen LogP contribution in [0.15, 0.2) is 54.7 Å². The van der Waals surface area contributed by atoms with Crippen molar-refractivity contribution in [1.29, 1.82) is 0 Å². The molecule has 41 heavy (non-hydrogen) atoms. The zero-order valence-corrected chi connectivity index (χ0v) is 24.1. The third kappa shape index (κ3) is 5.09. The number of fused-ring (bicyclic) bond motifs is 5. The minimum absolute atomic E-state index is 0.0144. The average Bonchev–Trinajstić information content (AvgIpc) is 3.31. The second kappa shape index (κ2) is 10.8. The summed E-state index contributed by atoms with van der Waals surface area (Å²) < 4.78 is 6.20. The van der Waals surface area contributed by atoms with E-state index in [1.807, 2.05) is 55.5 Å². The number of amides is 2. The maximum absolute atomic E-state index is 13.2. The molecule has 0 aliphatic carbocycles. The van der Waals surface area contributed by atoms with E-state index in [4.69, 9.17) is 21.3 Å². The monoisotopic (exact) mass is 587 g/mol. The Morgan fingerprint density at radius 1 is 1.17 bits per heavy atom. The van der Waals surface area contributed by atoms with Crippen LogP contribution < -0.4 is 25.6 Å². The van der Waals surface area contributed by atoms with Crippen LogP contribution in [0, 0.1) is 0 Å². The van der Waals surface area contributed by atoms with Crippen LogP contribution in [0.5, 0.6) is 5.75 Å². The standard InChI is InChI=1S/C29H26ClN7O3S/c1-15-12-31-24-23-18-8-11-22(35-20(18)9-10-21(23)41-25(24)28(39)34-15)37(2)26-19(14-33-29(30)36-26)27(38)32-13-16-4-6-17(40-3)7-5-16/h4-11,14-15,31H,12-13H2,1-3H3,(H,32,38)(H,34,39)/t15-/m1/s1. The predicted molar refractivity (Wildman–Crippen MR) is 162 cm³/mol. The van der Waals surface area contributed by atoms with Crippen LogP contribution in [0.4, 0.5) is 17.3 Å². The first kappa shape index (κ1) is 26.7. The van der Waals surface area contributed by atoms with Crippen molar-refractivity contribution in [3.8, 4) is 5.75 Å². The quantitative estimate of drug-likeness (QED) is 0.233. The van der Waals surface area contributed by atoms with E-state index in [-0.39, 0.29) is 28.7 Å². The van der Waals surface area contributed by atoms with Gasteiger partial charge in [-0.3, -0.25) is 9.59 Å². The number of aromatic nitrogens is 3. The fraction of sp³-hybridized carbons (Fsp3) is 0.207. The highest BCUT2D eigenvalue weighted by molar-refractivity contribution is 7.21. The van der Waals surface area contributed by atoms with Crippen molar-refractivity contribution in [2.24, 2.45) is 0 Å². The molecule has 0 unspecified atom stereocenters. The van der Waals surface area contributed by atoms with Crippen molar-refractivity contribution in [2.45, 2.75) is 19.5 Å². The van der Waals surface area contributed by atoms with Gasteiger partial charge in [-0.25, -0.2) is 9.97 Å². The number of ether oxygens (including phenoxy) is 1. The molecule has 4 heterocycles. The van der Waals surface area contributed by atoms with E-state index < -0.39 is 0 Å². The van der Waals surface area contributed by atoms with Gasteiger partial charge in [-0.1, -0.05) is 12.1 Å². The highest BCUT2D eigenvalue weighted by Gasteiger charge is 2.25. The highest BCUT2D eigenvalue weighted by atomic mass is 35.5. The summed E-state index contributed by atoms with van der Waals surface area (Å²) in [4.78, 5) is 41.6. The van der Waals surface area contributed by atoms with Gasteiger partial charge < -0.3 is 25.6 Å². The Morgan fingerprint density at radius 3 is 2.76 bits per heavy atom. The van der Waals surface area contributed by atoms with Crippen molar-refractivity contribution in [2.75, 3.05) is 30.9 Å². The molecular weight excluding hydrogens is 562 g/mol. The lowest BCUT2D eigenvalue weighted by molar-refractivity contribution is 0.0941. The number of methoxy groups -OCH3 is 1. The zero-order valence-electron chi connectivity index (χ0n) is 22.5. The molecule has 3 N–H and O–H groups in total. The molecule has 0 saturated heterocycles. The first-order valence-corrected chi connectivity index (χ1v) is 14.1. The normalized spacial score (nSPS) is 14.6. The Morgan fingerprint density at radius 2 is 1.98 bits per heavy atom. The van der Waals surface area contributed by atoms with Crippen LogP contribution in [-0.4, -0.2) is 53.5 Å². The number of rotatable bonds is 6. The number of halogens is 1. The summed E-state index contributed by atoms with van der Waals surface area (Å²) in [5, 5.41) is 11.3. The molecule has 0 radical (unpaired) electrons. The van der Waals surface area contributed by atoms with Crippen molar-refractivity contribution in [1.82, 2.24) is 25.6 Å². The third-order valence-electron chi connectivity index (χ3n) is 6.93. The molecule has 208 valence electrons. The Balaban J connectivity index is 1.32. The Bertz CT molecular complexity index is 1810. The largest absolute Gasteiger partial charge is 0.497 e. The summed E-state index contributed by atoms with van der Waals surface area (Å²) in [7, 11) is 3.38. The molecule has 1 aliphatic heterocycles. The van der Waals surface area contributed by atoms with Gasteiger partial charge in [-0.05, 0) is 60.5 Å². The molecule has 0 saturated carbocycles. The second-order valence-electron chi connectivity index (χ2n) is 9.70. The van der Waals surface area contributed by atoms with Crippen LogP contribution in [0.2, 0.25) is 5.28 Å². The predicted octanol–water partition coefficient (Wildman–Crippen LogP) is 5.14. The van der Waals surface area contributed by atoms with Crippen LogP contribution in [0.1, 0.15) is 32.5 Å². The van der Waals surface area contributed by atoms with Crippen molar-refractivity contribution in [3.05, 3.63) is 76.0 Å². The van der Waals surface area contributed by atoms with Gasteiger partial charge in [0, 0.05) is 47.8 Å². The van der Waals surface area contributed by atoms with E-state index in [2.05, 4.69) is 25.9 Å². The van der Waals surface area contributed by atoms with Crippen molar-refractivity contribution >= 4 is 73.1 Å². The number of thiophene rings is 1. The second-order valence-corrected chi connectivity index (χ2v) is 11.1. The van der Waals surface area contributed by atoms with Gasteiger partial charge in [-0.2, -0.15) is 4.98 Å². The van der Waals surface area contributed by atoms with Gasteiger partial charge in [0.15, 0.2) is 5.82 Å². The van der Waals surface area contributed by atoms with E-state index >= 15 is 0 Å². The number of benzene rings is 2. The fourth-order valence-corrected chi connectivity index (χ4v) is 6.03. The molecule has 5 aromatic rings. The van der Waals surface area contributed by atoms with Gasteiger partial charge in [-0.15, -0.1) is 11.3 Å². The molecule has 1 atom stereocenters. The maximum Gasteiger partial charge on any atom is 0.263 e. The minimum Gasteiger partial charge on any atom is -0.497 e. The smallest absolute Gasteiger partial charge is 0.263 e. The van der Waals surface area contributed by atoms with E-state index in [9.17, 15) is 9.59 Å². The number of carbonyl (C=O) groups is 2. The summed E-state index contributed by atoms with van der Waals surface area (Å²) in [6.45, 7) is 2.92. The minimum atomic E-state index is -0.346. The van der Waals surface area contributed by atoms with E-state index in [0.717, 1.165) is 38.0 Å². The van der Waals surface area contributed by atoms with Crippen LogP contribution in [0.25, 0.3) is 21.0 Å². The number of hydrogen-bond donors (Lipinski definition) is 3. The molecule has 2 aromatic carbocycles. The summed E-state index contributed by atoms with van der Waals surface area (Å²) in [5.41, 5.74) is 2.75. The van der Waals surface area contributed by atoms with Crippen LogP contribution in [-0.2, 0) is 6.54 Å². The molecule has 10 nitrogen and oxygen atoms in total. The molecule has 1 aliphatic rings. The van der Waals surface area contributed by atoms with Gasteiger partial charge in [0.25, 0.3) is 11.8 Å². The lowest BCUT2D eigenvalue weighted by Crippen LogP contribution is -2.34. The number of carbonyl (C=O) groups excluding carboxylic acids is 2. The molecule has 6 rings (SSSR count). The Kier molecular flexibility index (Phi) is 7.06. The Hall–Kier alpha value is -4.48. The zero-order chi connectivity index (χ0) is 28.7. The van der Waals surface area contributed by atoms with E-state index in [1.54, 1.807) is 19.1 Å². The highest BCUT2D eigenvalue weighted by Crippen LogP contribution is 2.41. The lowest BCUT2D eigenvalue weighted by atomic mass is 10.1. The topological polar surface area (TPSA) is 121 Å². The van der Waals surface area contributed by atoms with Crippen molar-refractivity contribution in [3.63, 3.8) is 0 Å².